The lowest BCUT2D eigenvalue weighted by Crippen LogP contribution is -2.30. The van der Waals surface area contributed by atoms with Crippen molar-refractivity contribution in [3.05, 3.63) is 45.9 Å². The molecular formula is C24H26Cl2N2O6. The van der Waals surface area contributed by atoms with Crippen molar-refractivity contribution in [1.82, 2.24) is 5.32 Å². The van der Waals surface area contributed by atoms with Crippen molar-refractivity contribution in [1.29, 1.82) is 0 Å². The number of esters is 1. The second-order valence-electron chi connectivity index (χ2n) is 7.94. The number of phenolic OH excluding ortho intramolecular Hbond substituents is 1. The molecule has 1 saturated carbocycles. The molecule has 0 atom stereocenters. The lowest BCUT2D eigenvalue weighted by Gasteiger charge is -2.21. The molecule has 0 radical (unpaired) electrons. The molecule has 2 aromatic rings. The van der Waals surface area contributed by atoms with E-state index in [2.05, 4.69) is 15.4 Å². The van der Waals surface area contributed by atoms with Gasteiger partial charge in [-0.15, -0.1) is 0 Å². The molecule has 0 aromatic heterocycles. The zero-order valence-corrected chi connectivity index (χ0v) is 20.2. The number of aromatic hydroxyl groups is 1. The summed E-state index contributed by atoms with van der Waals surface area (Å²) in [7, 11) is 0. The number of hydrogen-bond acceptors (Lipinski definition) is 6. The third-order valence-corrected chi connectivity index (χ3v) is 5.99. The maximum absolute atomic E-state index is 12.6. The molecule has 1 aliphatic carbocycles. The molecule has 0 bridgehead atoms. The molecule has 1 fully saturated rings. The monoisotopic (exact) mass is 508 g/mol. The molecule has 0 unspecified atom stereocenters. The first-order valence-electron chi connectivity index (χ1n) is 11.0. The summed E-state index contributed by atoms with van der Waals surface area (Å²) >= 11 is 12.5. The van der Waals surface area contributed by atoms with Gasteiger partial charge in [-0.2, -0.15) is 0 Å². The third-order valence-electron chi connectivity index (χ3n) is 5.43. The normalized spacial score (nSPS) is 13.7. The number of hydrogen-bond donors (Lipinski definition) is 3. The predicted octanol–water partition coefficient (Wildman–Crippen LogP) is 5.30. The first-order chi connectivity index (χ1) is 16.3. The van der Waals surface area contributed by atoms with Gasteiger partial charge in [-0.05, 0) is 56.0 Å². The number of carbonyl (C=O) groups is 3. The number of nitrogens with one attached hydrogen (secondary N) is 2. The van der Waals surface area contributed by atoms with Gasteiger partial charge in [0.15, 0.2) is 5.75 Å². The first-order valence-corrected chi connectivity index (χ1v) is 11.8. The van der Waals surface area contributed by atoms with Crippen LogP contribution >= 0.6 is 23.2 Å². The van der Waals surface area contributed by atoms with Crippen molar-refractivity contribution < 1.29 is 29.0 Å². The molecule has 0 spiro atoms. The van der Waals surface area contributed by atoms with E-state index in [1.807, 2.05) is 0 Å². The van der Waals surface area contributed by atoms with Gasteiger partial charge < -0.3 is 25.2 Å². The molecule has 2 aromatic carbocycles. The van der Waals surface area contributed by atoms with Crippen molar-refractivity contribution in [3.63, 3.8) is 0 Å². The Kier molecular flexibility index (Phi) is 9.01. The third kappa shape index (κ3) is 6.77. The quantitative estimate of drug-likeness (QED) is 0.345. The number of rotatable bonds is 7. The van der Waals surface area contributed by atoms with E-state index in [1.54, 1.807) is 6.92 Å². The van der Waals surface area contributed by atoms with Gasteiger partial charge in [-0.3, -0.25) is 9.59 Å². The van der Waals surface area contributed by atoms with Gasteiger partial charge >= 0.3 is 11.9 Å². The smallest absolute Gasteiger partial charge is 0.397 e. The van der Waals surface area contributed by atoms with Gasteiger partial charge in [0.1, 0.15) is 11.5 Å². The van der Waals surface area contributed by atoms with E-state index in [0.717, 1.165) is 12.8 Å². The summed E-state index contributed by atoms with van der Waals surface area (Å²) in [4.78, 5) is 36.0. The van der Waals surface area contributed by atoms with Gasteiger partial charge in [0.25, 0.3) is 5.91 Å². The molecule has 8 nitrogen and oxygen atoms in total. The topological polar surface area (TPSA) is 114 Å². The van der Waals surface area contributed by atoms with Crippen LogP contribution in [-0.2, 0) is 14.3 Å². The Morgan fingerprint density at radius 1 is 1.06 bits per heavy atom. The molecule has 0 heterocycles. The fourth-order valence-electron chi connectivity index (χ4n) is 3.71. The Bertz CT molecular complexity index is 1050. The van der Waals surface area contributed by atoms with Gasteiger partial charge in [-0.1, -0.05) is 42.5 Å². The molecule has 2 amide bonds. The summed E-state index contributed by atoms with van der Waals surface area (Å²) in [6, 6.07) is 6.93. The SMILES string of the molecule is CCOC(=O)C(=O)Nc1cc(Cl)c(Oc2ccc(O)c(C(=O)NCC3CCCCC3)c2)c(Cl)c1. The van der Waals surface area contributed by atoms with E-state index in [4.69, 9.17) is 27.9 Å². The number of amides is 2. The fraction of sp³-hybridized carbons (Fsp3) is 0.375. The van der Waals surface area contributed by atoms with Crippen molar-refractivity contribution in [3.8, 4) is 17.2 Å². The second kappa shape index (κ2) is 11.9. The Morgan fingerprint density at radius 2 is 1.74 bits per heavy atom. The first kappa shape index (κ1) is 25.6. The van der Waals surface area contributed by atoms with Crippen molar-refractivity contribution in [2.45, 2.75) is 39.0 Å². The number of ether oxygens (including phenoxy) is 2. The lowest BCUT2D eigenvalue weighted by molar-refractivity contribution is -0.152. The average molecular weight is 509 g/mol. The Hall–Kier alpha value is -2.97. The van der Waals surface area contributed by atoms with E-state index in [9.17, 15) is 19.5 Å². The van der Waals surface area contributed by atoms with Crippen LogP contribution in [0.1, 0.15) is 49.4 Å². The van der Waals surface area contributed by atoms with Crippen LogP contribution in [0.25, 0.3) is 0 Å². The number of halogens is 2. The van der Waals surface area contributed by atoms with Crippen LogP contribution in [0.5, 0.6) is 17.2 Å². The number of carbonyl (C=O) groups excluding carboxylic acids is 3. The molecule has 10 heteroatoms. The minimum Gasteiger partial charge on any atom is -0.507 e. The summed E-state index contributed by atoms with van der Waals surface area (Å²) < 4.78 is 10.4. The Morgan fingerprint density at radius 3 is 2.38 bits per heavy atom. The number of phenols is 1. The summed E-state index contributed by atoms with van der Waals surface area (Å²) in [6.07, 6.45) is 5.74. The molecular weight excluding hydrogens is 483 g/mol. The Labute approximate surface area is 207 Å². The van der Waals surface area contributed by atoms with Crippen LogP contribution in [0, 0.1) is 5.92 Å². The lowest BCUT2D eigenvalue weighted by atomic mass is 9.89. The van der Waals surface area contributed by atoms with E-state index in [-0.39, 0.29) is 45.2 Å². The van der Waals surface area contributed by atoms with Crippen LogP contribution < -0.4 is 15.4 Å². The minimum atomic E-state index is -1.03. The minimum absolute atomic E-state index is 0.0584. The van der Waals surface area contributed by atoms with Gasteiger partial charge in [0.2, 0.25) is 0 Å². The van der Waals surface area contributed by atoms with Crippen molar-refractivity contribution in [2.24, 2.45) is 5.92 Å². The molecule has 34 heavy (non-hydrogen) atoms. The standard InChI is InChI=1S/C24H26Cl2N2O6/c1-2-33-24(32)23(31)28-15-10-18(25)21(19(26)11-15)34-16-8-9-20(29)17(12-16)22(30)27-13-14-6-4-3-5-7-14/h8-12,14,29H,2-7,13H2,1H3,(H,27,30)(H,28,31). The largest absolute Gasteiger partial charge is 0.507 e. The molecule has 182 valence electrons. The predicted molar refractivity (Wildman–Crippen MR) is 129 cm³/mol. The molecule has 3 N–H and O–H groups in total. The summed E-state index contributed by atoms with van der Waals surface area (Å²) in [6.45, 7) is 2.20. The van der Waals surface area contributed by atoms with E-state index >= 15 is 0 Å². The zero-order valence-electron chi connectivity index (χ0n) is 18.7. The van der Waals surface area contributed by atoms with E-state index in [0.29, 0.717) is 12.5 Å². The van der Waals surface area contributed by atoms with Gasteiger partial charge in [-0.25, -0.2) is 4.79 Å². The average Bonchev–Trinajstić information content (AvgIpc) is 2.81. The summed E-state index contributed by atoms with van der Waals surface area (Å²) in [5.41, 5.74) is 0.243. The van der Waals surface area contributed by atoms with E-state index < -0.39 is 17.8 Å². The maximum Gasteiger partial charge on any atom is 0.397 e. The second-order valence-corrected chi connectivity index (χ2v) is 8.75. The molecule has 0 saturated heterocycles. The van der Waals surface area contributed by atoms with Crippen LogP contribution in [0.2, 0.25) is 10.0 Å². The van der Waals surface area contributed by atoms with Crippen LogP contribution in [-0.4, -0.2) is 36.0 Å². The Balaban J connectivity index is 1.70. The van der Waals surface area contributed by atoms with Gasteiger partial charge in [0, 0.05) is 12.2 Å². The molecule has 3 rings (SSSR count). The van der Waals surface area contributed by atoms with Crippen LogP contribution in [0.15, 0.2) is 30.3 Å². The fourth-order valence-corrected chi connectivity index (χ4v) is 4.27. The van der Waals surface area contributed by atoms with Crippen LogP contribution in [0.4, 0.5) is 5.69 Å². The summed E-state index contributed by atoms with van der Waals surface area (Å²) in [5.74, 6) is -1.83. The highest BCUT2D eigenvalue weighted by molar-refractivity contribution is 6.39. The van der Waals surface area contributed by atoms with Crippen molar-refractivity contribution >= 4 is 46.7 Å². The van der Waals surface area contributed by atoms with Crippen molar-refractivity contribution in [2.75, 3.05) is 18.5 Å². The highest BCUT2D eigenvalue weighted by Gasteiger charge is 2.20. The van der Waals surface area contributed by atoms with E-state index in [1.165, 1.54) is 49.6 Å². The maximum atomic E-state index is 12.6. The van der Waals surface area contributed by atoms with Crippen LogP contribution in [0.3, 0.4) is 0 Å². The highest BCUT2D eigenvalue weighted by atomic mass is 35.5. The number of benzene rings is 2. The van der Waals surface area contributed by atoms with Gasteiger partial charge in [0.05, 0.1) is 22.2 Å². The zero-order chi connectivity index (χ0) is 24.7. The summed E-state index contributed by atoms with van der Waals surface area (Å²) in [5, 5.41) is 15.5. The molecule has 0 aliphatic heterocycles. The highest BCUT2D eigenvalue weighted by Crippen LogP contribution is 2.39. The number of anilines is 1. The molecule has 1 aliphatic rings.